The summed E-state index contributed by atoms with van der Waals surface area (Å²) in [6.45, 7) is 4.10. The van der Waals surface area contributed by atoms with Gasteiger partial charge in [0.25, 0.3) is 0 Å². The second kappa shape index (κ2) is 8.08. The molecule has 0 N–H and O–H groups in total. The van der Waals surface area contributed by atoms with Crippen LogP contribution in [0.4, 0.5) is 0 Å². The van der Waals surface area contributed by atoms with Crippen molar-refractivity contribution in [1.29, 1.82) is 0 Å². The predicted molar refractivity (Wildman–Crippen MR) is 107 cm³/mol. The first-order valence-electron chi connectivity index (χ1n) is 9.34. The van der Waals surface area contributed by atoms with Gasteiger partial charge in [-0.25, -0.2) is 13.2 Å². The summed E-state index contributed by atoms with van der Waals surface area (Å²) in [6.07, 6.45) is 2.00. The normalized spacial score (nSPS) is 16.9. The van der Waals surface area contributed by atoms with Crippen LogP contribution < -0.4 is 9.47 Å². The summed E-state index contributed by atoms with van der Waals surface area (Å²) in [4.78, 5) is 12.1. The number of carbonyl (C=O) groups excluding carboxylic acids is 1. The van der Waals surface area contributed by atoms with Crippen LogP contribution in [0.25, 0.3) is 0 Å². The summed E-state index contributed by atoms with van der Waals surface area (Å²) in [5, 5.41) is 0. The highest BCUT2D eigenvalue weighted by Crippen LogP contribution is 2.40. The van der Waals surface area contributed by atoms with Crippen LogP contribution in [-0.4, -0.2) is 50.6 Å². The molecule has 8 nitrogen and oxygen atoms in total. The highest BCUT2D eigenvalue weighted by Gasteiger charge is 2.36. The van der Waals surface area contributed by atoms with Crippen LogP contribution in [0, 0.1) is 0 Å². The minimum atomic E-state index is -3.81. The molecule has 0 amide bonds. The number of rotatable bonds is 6. The van der Waals surface area contributed by atoms with Crippen LogP contribution >= 0.6 is 0 Å². The molecule has 0 radical (unpaired) electrons. The number of benzene rings is 1. The molecule has 2 aromatic rings. The second-order valence-corrected chi connectivity index (χ2v) is 8.73. The van der Waals surface area contributed by atoms with Crippen LogP contribution in [0.1, 0.15) is 41.5 Å². The van der Waals surface area contributed by atoms with Gasteiger partial charge in [0.15, 0.2) is 11.5 Å². The summed E-state index contributed by atoms with van der Waals surface area (Å²) < 4.78 is 45.3. The maximum Gasteiger partial charge on any atom is 0.354 e. The van der Waals surface area contributed by atoms with Crippen molar-refractivity contribution in [1.82, 2.24) is 8.87 Å². The number of aryl methyl sites for hydroxylation is 1. The van der Waals surface area contributed by atoms with Crippen molar-refractivity contribution in [3.05, 3.63) is 41.2 Å². The van der Waals surface area contributed by atoms with Gasteiger partial charge in [0.1, 0.15) is 10.6 Å². The summed E-state index contributed by atoms with van der Waals surface area (Å²) in [5.74, 6) is 0.629. The van der Waals surface area contributed by atoms with Gasteiger partial charge in [-0.05, 0) is 49.6 Å². The summed E-state index contributed by atoms with van der Waals surface area (Å²) in [6, 6.07) is 4.70. The lowest BCUT2D eigenvalue weighted by Crippen LogP contribution is -2.38. The lowest BCUT2D eigenvalue weighted by Gasteiger charge is -2.34. The first-order chi connectivity index (χ1) is 13.7. The third kappa shape index (κ3) is 3.72. The lowest BCUT2D eigenvalue weighted by atomic mass is 9.94. The minimum Gasteiger partial charge on any atom is -0.493 e. The Morgan fingerprint density at radius 2 is 1.83 bits per heavy atom. The number of hydrogen-bond acceptors (Lipinski definition) is 6. The number of ether oxygens (including phenoxy) is 3. The van der Waals surface area contributed by atoms with Crippen LogP contribution in [0.3, 0.4) is 0 Å². The van der Waals surface area contributed by atoms with Gasteiger partial charge < -0.3 is 18.8 Å². The Balaban J connectivity index is 1.97. The number of nitrogens with zero attached hydrogens (tertiary/aromatic N) is 2. The van der Waals surface area contributed by atoms with E-state index in [9.17, 15) is 13.2 Å². The maximum absolute atomic E-state index is 13.3. The molecule has 9 heteroatoms. The molecule has 0 fully saturated rings. The van der Waals surface area contributed by atoms with Crippen molar-refractivity contribution in [2.24, 2.45) is 7.05 Å². The minimum absolute atomic E-state index is 0.0684. The molecule has 1 aromatic carbocycles. The first-order valence-corrected chi connectivity index (χ1v) is 10.8. The highest BCUT2D eigenvalue weighted by molar-refractivity contribution is 7.89. The van der Waals surface area contributed by atoms with Crippen molar-refractivity contribution < 1.29 is 27.4 Å². The molecule has 3 rings (SSSR count). The van der Waals surface area contributed by atoms with Crippen LogP contribution in [0.15, 0.2) is 29.3 Å². The SMILES string of the molecule is CCOC(=O)c1cc(S(=O)(=O)N2CCc3cc(OC)c(OC)cc3C2C)cn1C. The van der Waals surface area contributed by atoms with Crippen molar-refractivity contribution in [2.75, 3.05) is 27.4 Å². The smallest absolute Gasteiger partial charge is 0.354 e. The molecule has 0 aliphatic carbocycles. The molecule has 0 saturated carbocycles. The van der Waals surface area contributed by atoms with E-state index in [1.54, 1.807) is 28.2 Å². The topological polar surface area (TPSA) is 87.1 Å². The Morgan fingerprint density at radius 3 is 2.45 bits per heavy atom. The molecule has 1 unspecified atom stereocenters. The first kappa shape index (κ1) is 21.2. The molecule has 158 valence electrons. The van der Waals surface area contributed by atoms with Gasteiger partial charge in [-0.2, -0.15) is 4.31 Å². The molecule has 1 atom stereocenters. The molecule has 0 bridgehead atoms. The number of carbonyl (C=O) groups is 1. The highest BCUT2D eigenvalue weighted by atomic mass is 32.2. The largest absolute Gasteiger partial charge is 0.493 e. The Kier molecular flexibility index (Phi) is 5.90. The van der Waals surface area contributed by atoms with E-state index in [1.807, 2.05) is 19.1 Å². The molecule has 1 aliphatic rings. The Bertz CT molecular complexity index is 1030. The monoisotopic (exact) mass is 422 g/mol. The van der Waals surface area contributed by atoms with Gasteiger partial charge in [-0.3, -0.25) is 0 Å². The molecule has 1 aromatic heterocycles. The Hall–Kier alpha value is -2.52. The van der Waals surface area contributed by atoms with E-state index >= 15 is 0 Å². The average Bonchev–Trinajstić information content (AvgIpc) is 3.10. The summed E-state index contributed by atoms with van der Waals surface area (Å²) >= 11 is 0. The van der Waals surface area contributed by atoms with Gasteiger partial charge >= 0.3 is 5.97 Å². The fourth-order valence-corrected chi connectivity index (χ4v) is 5.35. The molecule has 29 heavy (non-hydrogen) atoms. The fourth-order valence-electron chi connectivity index (χ4n) is 3.67. The van der Waals surface area contributed by atoms with E-state index in [2.05, 4.69) is 0 Å². The third-order valence-corrected chi connectivity index (χ3v) is 7.14. The van der Waals surface area contributed by atoms with Crippen LogP contribution in [0.2, 0.25) is 0 Å². The maximum atomic E-state index is 13.3. The molecule has 2 heterocycles. The van der Waals surface area contributed by atoms with Crippen molar-refractivity contribution in [2.45, 2.75) is 31.2 Å². The number of esters is 1. The van der Waals surface area contributed by atoms with Gasteiger partial charge in [-0.1, -0.05) is 0 Å². The summed E-state index contributed by atoms with van der Waals surface area (Å²) in [5.41, 5.74) is 2.10. The van der Waals surface area contributed by atoms with Crippen molar-refractivity contribution in [3.8, 4) is 11.5 Å². The second-order valence-electron chi connectivity index (χ2n) is 6.84. The number of fused-ring (bicyclic) bond motifs is 1. The average molecular weight is 423 g/mol. The Morgan fingerprint density at radius 1 is 1.17 bits per heavy atom. The van der Waals surface area contributed by atoms with Crippen LogP contribution in [-0.2, 0) is 28.2 Å². The zero-order valence-corrected chi connectivity index (χ0v) is 18.1. The van der Waals surface area contributed by atoms with E-state index < -0.39 is 22.0 Å². The lowest BCUT2D eigenvalue weighted by molar-refractivity contribution is 0.0515. The number of hydrogen-bond donors (Lipinski definition) is 0. The molecular formula is C20H26N2O6S. The molecule has 0 spiro atoms. The Labute approximate surface area is 171 Å². The van der Waals surface area contributed by atoms with Gasteiger partial charge in [0.05, 0.1) is 20.8 Å². The van der Waals surface area contributed by atoms with Crippen molar-refractivity contribution in [3.63, 3.8) is 0 Å². The van der Waals surface area contributed by atoms with Gasteiger partial charge in [0.2, 0.25) is 10.0 Å². The zero-order valence-electron chi connectivity index (χ0n) is 17.3. The fraction of sp³-hybridized carbons (Fsp3) is 0.450. The predicted octanol–water partition coefficient (Wildman–Crippen LogP) is 2.53. The van der Waals surface area contributed by atoms with E-state index in [4.69, 9.17) is 14.2 Å². The van der Waals surface area contributed by atoms with E-state index in [0.717, 1.165) is 11.1 Å². The third-order valence-electron chi connectivity index (χ3n) is 5.20. The number of aromatic nitrogens is 1. The van der Waals surface area contributed by atoms with Gasteiger partial charge in [0, 0.05) is 25.8 Å². The molecule has 0 saturated heterocycles. The van der Waals surface area contributed by atoms with Gasteiger partial charge in [-0.15, -0.1) is 0 Å². The van der Waals surface area contributed by atoms with E-state index in [1.165, 1.54) is 21.1 Å². The standard InChI is InChI=1S/C20H26N2O6S/c1-6-28-20(23)17-10-15(12-21(17)3)29(24,25)22-8-7-14-9-18(26-4)19(27-5)11-16(14)13(22)2/h9-13H,6-8H2,1-5H3. The number of methoxy groups -OCH3 is 2. The van der Waals surface area contributed by atoms with E-state index in [-0.39, 0.29) is 17.2 Å². The van der Waals surface area contributed by atoms with E-state index in [0.29, 0.717) is 24.5 Å². The molecule has 1 aliphatic heterocycles. The quantitative estimate of drug-likeness (QED) is 0.665. The number of sulfonamides is 1. The zero-order chi connectivity index (χ0) is 21.3. The van der Waals surface area contributed by atoms with Crippen LogP contribution in [0.5, 0.6) is 11.5 Å². The molecular weight excluding hydrogens is 396 g/mol. The van der Waals surface area contributed by atoms with Crippen molar-refractivity contribution >= 4 is 16.0 Å². The summed E-state index contributed by atoms with van der Waals surface area (Å²) in [7, 11) is 0.938.